The minimum atomic E-state index is -2.15. The Bertz CT molecular complexity index is 1270. The van der Waals surface area contributed by atoms with Gasteiger partial charge in [0.25, 0.3) is 0 Å². The summed E-state index contributed by atoms with van der Waals surface area (Å²) in [6.07, 6.45) is 10.9. The molecule has 1 radical (unpaired) electrons. The SMILES string of the molecule is CCC(CC)/C(O)=C/[C@@H](O)C(CC)CC.[2H]C([2H])([2H])C1=NC2OC3=C([C@@H]4[N-]CC=C5SC(C([2H])([2H])C(C)(C)C)[C@H](C)[C@@H]54)[CH-]CC[C@H]3C2CC1.[Ir]. The first-order valence-corrected chi connectivity index (χ1v) is 18.2. The monoisotopic (exact) mass is 824 g/mol. The maximum atomic E-state index is 9.88. The molecule has 5 nitrogen and oxygen atoms in total. The van der Waals surface area contributed by atoms with Gasteiger partial charge in [-0.3, -0.25) is 4.99 Å². The Kier molecular flexibility index (Phi) is 12.0. The van der Waals surface area contributed by atoms with Gasteiger partial charge in [-0.1, -0.05) is 80.7 Å². The summed E-state index contributed by atoms with van der Waals surface area (Å²) in [5, 5.41) is 24.6. The van der Waals surface area contributed by atoms with Crippen molar-refractivity contribution in [3.05, 3.63) is 45.9 Å². The Morgan fingerprint density at radius 2 is 1.93 bits per heavy atom. The summed E-state index contributed by atoms with van der Waals surface area (Å²) in [6, 6.07) is -0.0349. The molecule has 8 atom stereocenters. The number of ether oxygens (including phenoxy) is 1. The standard InChI is InChI=1S/C25H36N2OS.C13H26O2.Ir/c1-14-9-10-17-16-7-6-8-18(23(16)28-24(17)27-14)22-21-15(2)20(13-25(3,4)5)29-19(21)11-12-26-22;1-5-10(6-2)12(14)9-13(15)11(7-3)8-4;/h8,11,15-17,20-22,24H,6-7,9-10,12-13H2,1-5H3;9-12,14-15H,5-8H2,1-4H3;/q-2;;/b;13-9-;/t15-,16-,17?,20?,21-,22-,24?;12-;/m01./s1/i1D3,13D2;;. The summed E-state index contributed by atoms with van der Waals surface area (Å²) >= 11 is 1.72. The van der Waals surface area contributed by atoms with Crippen molar-refractivity contribution in [3.63, 3.8) is 0 Å². The fraction of sp³-hybridized carbons (Fsp3) is 0.789. The van der Waals surface area contributed by atoms with Gasteiger partial charge in [-0.25, -0.2) is 6.42 Å². The topological polar surface area (TPSA) is 76.2 Å². The second-order valence-corrected chi connectivity index (χ2v) is 15.6. The first-order valence-electron chi connectivity index (χ1n) is 19.8. The van der Waals surface area contributed by atoms with Gasteiger partial charge in [0.15, 0.2) is 6.23 Å². The average Bonchev–Trinajstić information content (AvgIpc) is 3.59. The van der Waals surface area contributed by atoms with Gasteiger partial charge in [-0.2, -0.15) is 5.57 Å². The molecule has 4 heterocycles. The first-order chi connectivity index (χ1) is 22.9. The zero-order chi connectivity index (χ0) is 36.5. The number of nitrogens with zero attached hydrogens (tertiary/aromatic N) is 2. The number of rotatable bonds is 9. The van der Waals surface area contributed by atoms with Crippen LogP contribution in [0.5, 0.6) is 0 Å². The van der Waals surface area contributed by atoms with Crippen molar-refractivity contribution in [1.82, 2.24) is 0 Å². The normalized spacial score (nSPS) is 34.1. The predicted molar refractivity (Wildman–Crippen MR) is 188 cm³/mol. The first kappa shape index (κ1) is 31.5. The molecule has 2 saturated heterocycles. The summed E-state index contributed by atoms with van der Waals surface area (Å²) in [7, 11) is 0. The summed E-state index contributed by atoms with van der Waals surface area (Å²) in [5.41, 5.74) is 0.988. The molecule has 0 bridgehead atoms. The van der Waals surface area contributed by atoms with Gasteiger partial charge in [-0.05, 0) is 84.7 Å². The predicted octanol–water partition coefficient (Wildman–Crippen LogP) is 10.2. The van der Waals surface area contributed by atoms with Crippen LogP contribution in [0.2, 0.25) is 0 Å². The van der Waals surface area contributed by atoms with Crippen LogP contribution in [0.4, 0.5) is 0 Å². The average molecular weight is 824 g/mol. The maximum Gasteiger partial charge on any atom is 0.171 e. The number of aliphatic hydroxyl groups is 2. The third-order valence-corrected chi connectivity index (χ3v) is 11.8. The van der Waals surface area contributed by atoms with Crippen LogP contribution in [-0.2, 0) is 24.8 Å². The number of hydrogen-bond acceptors (Lipinski definition) is 5. The largest absolute Gasteiger partial charge is 0.654 e. The number of allylic oxidation sites excluding steroid dienone is 2. The molecule has 5 rings (SSSR count). The Hall–Kier alpha value is -0.721. The fourth-order valence-corrected chi connectivity index (χ4v) is 9.44. The molecule has 45 heavy (non-hydrogen) atoms. The van der Waals surface area contributed by atoms with E-state index in [1.165, 1.54) is 4.91 Å². The Balaban J connectivity index is 0.000000361. The van der Waals surface area contributed by atoms with Gasteiger partial charge in [-0.15, -0.1) is 30.8 Å². The Morgan fingerprint density at radius 1 is 1.22 bits per heavy atom. The molecular weight excluding hydrogens is 757 g/mol. The third kappa shape index (κ3) is 9.25. The van der Waals surface area contributed by atoms with E-state index in [1.807, 2.05) is 20.8 Å². The fourth-order valence-electron chi connectivity index (χ4n) is 7.68. The molecule has 0 aromatic heterocycles. The molecule has 0 saturated carbocycles. The zero-order valence-electron chi connectivity index (χ0n) is 33.8. The number of fused-ring (bicyclic) bond motifs is 4. The smallest absolute Gasteiger partial charge is 0.171 e. The molecule has 0 amide bonds. The van der Waals surface area contributed by atoms with Gasteiger partial charge < -0.3 is 20.3 Å². The van der Waals surface area contributed by atoms with Crippen LogP contribution >= 0.6 is 11.8 Å². The number of aliphatic hydroxyl groups excluding tert-OH is 2. The number of hydrogen-bond donors (Lipinski definition) is 2. The Labute approximate surface area is 300 Å². The summed E-state index contributed by atoms with van der Waals surface area (Å²) in [6.45, 7) is 14.9. The van der Waals surface area contributed by atoms with Crippen LogP contribution in [-0.4, -0.2) is 46.1 Å². The molecule has 0 aromatic rings. The van der Waals surface area contributed by atoms with Gasteiger partial charge in [0.2, 0.25) is 0 Å². The molecule has 0 spiro atoms. The van der Waals surface area contributed by atoms with Crippen molar-refractivity contribution >= 4 is 17.5 Å². The van der Waals surface area contributed by atoms with Crippen LogP contribution in [0.1, 0.15) is 127 Å². The van der Waals surface area contributed by atoms with E-state index in [0.717, 1.165) is 56.3 Å². The Morgan fingerprint density at radius 3 is 2.56 bits per heavy atom. The third-order valence-electron chi connectivity index (χ3n) is 10.3. The summed E-state index contributed by atoms with van der Waals surface area (Å²) in [5.74, 6) is 2.62. The quantitative estimate of drug-likeness (QED) is 0.179. The molecule has 5 aliphatic rings. The van der Waals surface area contributed by atoms with E-state index in [4.69, 9.17) is 16.9 Å². The minimum Gasteiger partial charge on any atom is -0.654 e. The maximum absolute atomic E-state index is 9.88. The van der Waals surface area contributed by atoms with Crippen molar-refractivity contribution in [1.29, 1.82) is 0 Å². The van der Waals surface area contributed by atoms with Crippen LogP contribution < -0.4 is 0 Å². The molecule has 1 aliphatic carbocycles. The van der Waals surface area contributed by atoms with Crippen LogP contribution in [0.25, 0.3) is 5.32 Å². The molecule has 2 N–H and O–H groups in total. The van der Waals surface area contributed by atoms with Gasteiger partial charge in [0, 0.05) is 49.8 Å². The van der Waals surface area contributed by atoms with Crippen LogP contribution in [0, 0.1) is 47.3 Å². The van der Waals surface area contributed by atoms with E-state index in [0.29, 0.717) is 24.4 Å². The number of aliphatic imine (C=N–C) groups is 1. The molecule has 3 unspecified atom stereocenters. The zero-order valence-corrected chi connectivity index (χ0v) is 32.0. The van der Waals surface area contributed by atoms with Crippen LogP contribution in [0.15, 0.2) is 39.1 Å². The summed E-state index contributed by atoms with van der Waals surface area (Å²) < 4.78 is 47.6. The molecule has 259 valence electrons. The molecule has 7 heteroatoms. The van der Waals surface area contributed by atoms with Gasteiger partial charge in [0.05, 0.1) is 11.9 Å². The van der Waals surface area contributed by atoms with Gasteiger partial charge >= 0.3 is 0 Å². The van der Waals surface area contributed by atoms with Crippen molar-refractivity contribution in [2.45, 2.75) is 144 Å². The van der Waals surface area contributed by atoms with E-state index in [-0.39, 0.29) is 66.9 Å². The second kappa shape index (κ2) is 17.1. The molecule has 4 aliphatic heterocycles. The molecular formula is C38H62IrN2O3S-2. The van der Waals surface area contributed by atoms with Crippen molar-refractivity contribution < 1.29 is 41.9 Å². The van der Waals surface area contributed by atoms with E-state index in [1.54, 1.807) is 17.8 Å². The van der Waals surface area contributed by atoms with E-state index >= 15 is 0 Å². The minimum absolute atomic E-state index is 0. The summed E-state index contributed by atoms with van der Waals surface area (Å²) in [4.78, 5) is 5.83. The van der Waals surface area contributed by atoms with E-state index in [2.05, 4.69) is 52.1 Å². The van der Waals surface area contributed by atoms with Crippen molar-refractivity contribution in [2.24, 2.45) is 45.9 Å². The van der Waals surface area contributed by atoms with E-state index in [9.17, 15) is 10.2 Å². The van der Waals surface area contributed by atoms with Crippen molar-refractivity contribution in [3.8, 4) is 0 Å². The number of thioether (sulfide) groups is 1. The second-order valence-electron chi connectivity index (χ2n) is 14.4. The molecule has 2 fully saturated rings. The molecule has 0 aromatic carbocycles. The van der Waals surface area contributed by atoms with E-state index < -0.39 is 31.0 Å². The van der Waals surface area contributed by atoms with Crippen molar-refractivity contribution in [2.75, 3.05) is 6.54 Å². The van der Waals surface area contributed by atoms with Crippen LogP contribution in [0.3, 0.4) is 0 Å². The van der Waals surface area contributed by atoms with Gasteiger partial charge in [0.1, 0.15) is 0 Å².